The minimum Gasteiger partial charge on any atom is -0.314 e. The molecule has 1 atom stereocenters. The molecule has 0 bridgehead atoms. The van der Waals surface area contributed by atoms with Crippen LogP contribution in [0.1, 0.15) is 60.3 Å². The van der Waals surface area contributed by atoms with Gasteiger partial charge < -0.3 is 10.2 Å². The highest BCUT2D eigenvalue weighted by molar-refractivity contribution is 4.82. The molecule has 1 unspecified atom stereocenters. The van der Waals surface area contributed by atoms with Gasteiger partial charge >= 0.3 is 0 Å². The van der Waals surface area contributed by atoms with E-state index in [2.05, 4.69) is 49.7 Å². The average molecular weight is 284 g/mol. The molecule has 0 radical (unpaired) electrons. The van der Waals surface area contributed by atoms with Crippen LogP contribution in [0, 0.1) is 0 Å². The second-order valence-electron chi connectivity index (χ2n) is 7.20. The van der Waals surface area contributed by atoms with Gasteiger partial charge in [0.15, 0.2) is 0 Å². The van der Waals surface area contributed by atoms with Crippen molar-refractivity contribution in [3.8, 4) is 0 Å². The Morgan fingerprint density at radius 2 is 1.70 bits per heavy atom. The molecular formula is C17H37N3. The third kappa shape index (κ3) is 6.55. The normalized spacial score (nSPS) is 20.2. The van der Waals surface area contributed by atoms with Crippen LogP contribution < -0.4 is 5.32 Å². The van der Waals surface area contributed by atoms with Gasteiger partial charge in [0.05, 0.1) is 0 Å². The second-order valence-corrected chi connectivity index (χ2v) is 7.20. The van der Waals surface area contributed by atoms with E-state index in [1.54, 1.807) is 0 Å². The number of nitrogens with one attached hydrogen (secondary N) is 1. The summed E-state index contributed by atoms with van der Waals surface area (Å²) in [5.74, 6) is 0. The topological polar surface area (TPSA) is 18.5 Å². The summed E-state index contributed by atoms with van der Waals surface area (Å²) in [7, 11) is 0. The Labute approximate surface area is 127 Å². The standard InChI is InChI=1S/C17H37N3/c1-6-10-18-16(7-2)9-8-11-19-12-14-20(15-13-19)17(3,4)5/h16,18H,6-15H2,1-5H3. The van der Waals surface area contributed by atoms with E-state index in [9.17, 15) is 0 Å². The van der Waals surface area contributed by atoms with Gasteiger partial charge in [0.1, 0.15) is 0 Å². The van der Waals surface area contributed by atoms with Gasteiger partial charge in [-0.1, -0.05) is 13.8 Å². The molecular weight excluding hydrogens is 246 g/mol. The smallest absolute Gasteiger partial charge is 0.0126 e. The Morgan fingerprint density at radius 1 is 1.05 bits per heavy atom. The van der Waals surface area contributed by atoms with Crippen molar-refractivity contribution in [2.45, 2.75) is 71.9 Å². The van der Waals surface area contributed by atoms with Crippen molar-refractivity contribution in [1.29, 1.82) is 0 Å². The molecule has 20 heavy (non-hydrogen) atoms. The molecule has 0 aromatic carbocycles. The monoisotopic (exact) mass is 283 g/mol. The van der Waals surface area contributed by atoms with Crippen molar-refractivity contribution in [3.63, 3.8) is 0 Å². The summed E-state index contributed by atoms with van der Waals surface area (Å²) in [5, 5.41) is 3.66. The van der Waals surface area contributed by atoms with Gasteiger partial charge in [-0.25, -0.2) is 0 Å². The summed E-state index contributed by atoms with van der Waals surface area (Å²) < 4.78 is 0. The number of hydrogen-bond acceptors (Lipinski definition) is 3. The second kappa shape index (κ2) is 9.01. The molecule has 120 valence electrons. The fraction of sp³-hybridized carbons (Fsp3) is 1.00. The van der Waals surface area contributed by atoms with Gasteiger partial charge in [-0.3, -0.25) is 4.90 Å². The van der Waals surface area contributed by atoms with E-state index in [-0.39, 0.29) is 0 Å². The molecule has 1 fully saturated rings. The van der Waals surface area contributed by atoms with Gasteiger partial charge in [-0.15, -0.1) is 0 Å². The zero-order chi connectivity index (χ0) is 15.0. The molecule has 1 aliphatic rings. The summed E-state index contributed by atoms with van der Waals surface area (Å²) in [5.41, 5.74) is 0.337. The maximum absolute atomic E-state index is 3.66. The van der Waals surface area contributed by atoms with Gasteiger partial charge in [0.2, 0.25) is 0 Å². The van der Waals surface area contributed by atoms with Crippen molar-refractivity contribution in [3.05, 3.63) is 0 Å². The van der Waals surface area contributed by atoms with Crippen LogP contribution in [0.15, 0.2) is 0 Å². The van der Waals surface area contributed by atoms with Crippen molar-refractivity contribution in [2.24, 2.45) is 0 Å². The van der Waals surface area contributed by atoms with Crippen molar-refractivity contribution < 1.29 is 0 Å². The molecule has 3 heteroatoms. The molecule has 0 amide bonds. The molecule has 0 spiro atoms. The van der Waals surface area contributed by atoms with Crippen LogP contribution in [0.2, 0.25) is 0 Å². The quantitative estimate of drug-likeness (QED) is 0.739. The summed E-state index contributed by atoms with van der Waals surface area (Å²) in [6.07, 6.45) is 5.17. The lowest BCUT2D eigenvalue weighted by Crippen LogP contribution is -2.53. The third-order valence-electron chi connectivity index (χ3n) is 4.52. The maximum Gasteiger partial charge on any atom is 0.0126 e. The molecule has 1 aliphatic heterocycles. The highest BCUT2D eigenvalue weighted by atomic mass is 15.3. The number of nitrogens with zero attached hydrogens (tertiary/aromatic N) is 2. The van der Waals surface area contributed by atoms with E-state index >= 15 is 0 Å². The summed E-state index contributed by atoms with van der Waals surface area (Å²) in [4.78, 5) is 5.26. The zero-order valence-electron chi connectivity index (χ0n) is 14.5. The first-order valence-electron chi connectivity index (χ1n) is 8.68. The first-order valence-corrected chi connectivity index (χ1v) is 8.68. The van der Waals surface area contributed by atoms with Gasteiger partial charge in [0.25, 0.3) is 0 Å². The molecule has 3 nitrogen and oxygen atoms in total. The van der Waals surface area contributed by atoms with Crippen LogP contribution in [0.25, 0.3) is 0 Å². The average Bonchev–Trinajstić information content (AvgIpc) is 2.42. The van der Waals surface area contributed by atoms with Crippen LogP contribution in [0.4, 0.5) is 0 Å². The fourth-order valence-corrected chi connectivity index (χ4v) is 3.00. The fourth-order valence-electron chi connectivity index (χ4n) is 3.00. The minimum absolute atomic E-state index is 0.337. The van der Waals surface area contributed by atoms with Crippen LogP contribution >= 0.6 is 0 Å². The van der Waals surface area contributed by atoms with Gasteiger partial charge in [-0.05, 0) is 59.5 Å². The first kappa shape index (κ1) is 17.9. The maximum atomic E-state index is 3.66. The summed E-state index contributed by atoms with van der Waals surface area (Å²) >= 11 is 0. The Morgan fingerprint density at radius 3 is 2.20 bits per heavy atom. The predicted octanol–water partition coefficient (Wildman–Crippen LogP) is 2.96. The highest BCUT2D eigenvalue weighted by Crippen LogP contribution is 2.16. The Balaban J connectivity index is 2.15. The van der Waals surface area contributed by atoms with Crippen molar-refractivity contribution in [2.75, 3.05) is 39.3 Å². The number of rotatable bonds is 8. The van der Waals surface area contributed by atoms with Gasteiger partial charge in [-0.2, -0.15) is 0 Å². The molecule has 1 saturated heterocycles. The van der Waals surface area contributed by atoms with E-state index in [4.69, 9.17) is 0 Å². The molecule has 0 aliphatic carbocycles. The molecule has 1 rings (SSSR count). The first-order chi connectivity index (χ1) is 9.47. The van der Waals surface area contributed by atoms with Crippen LogP contribution in [0.5, 0.6) is 0 Å². The Kier molecular flexibility index (Phi) is 8.08. The van der Waals surface area contributed by atoms with Crippen LogP contribution in [-0.2, 0) is 0 Å². The lowest BCUT2D eigenvalue weighted by molar-refractivity contribution is 0.0613. The predicted molar refractivity (Wildman–Crippen MR) is 89.4 cm³/mol. The zero-order valence-corrected chi connectivity index (χ0v) is 14.5. The number of piperazine rings is 1. The van der Waals surface area contributed by atoms with E-state index < -0.39 is 0 Å². The molecule has 1 N–H and O–H groups in total. The van der Waals surface area contributed by atoms with Crippen LogP contribution in [-0.4, -0.2) is 60.6 Å². The molecule has 0 aromatic rings. The minimum atomic E-state index is 0.337. The van der Waals surface area contributed by atoms with Crippen LogP contribution in [0.3, 0.4) is 0 Å². The molecule has 1 heterocycles. The van der Waals surface area contributed by atoms with Crippen molar-refractivity contribution in [1.82, 2.24) is 15.1 Å². The Hall–Kier alpha value is -0.120. The lowest BCUT2D eigenvalue weighted by Gasteiger charge is -2.42. The summed E-state index contributed by atoms with van der Waals surface area (Å²) in [6.45, 7) is 18.9. The van der Waals surface area contributed by atoms with E-state index in [0.717, 1.165) is 6.04 Å². The van der Waals surface area contributed by atoms with E-state index in [1.165, 1.54) is 65.0 Å². The number of hydrogen-bond donors (Lipinski definition) is 1. The largest absolute Gasteiger partial charge is 0.314 e. The SMILES string of the molecule is CCCNC(CC)CCCN1CCN(C(C)(C)C)CC1. The Bertz CT molecular complexity index is 239. The summed E-state index contributed by atoms with van der Waals surface area (Å²) in [6, 6.07) is 0.728. The van der Waals surface area contributed by atoms with E-state index in [1.807, 2.05) is 0 Å². The third-order valence-corrected chi connectivity index (χ3v) is 4.52. The van der Waals surface area contributed by atoms with Crippen molar-refractivity contribution >= 4 is 0 Å². The highest BCUT2D eigenvalue weighted by Gasteiger charge is 2.25. The molecule has 0 aromatic heterocycles. The lowest BCUT2D eigenvalue weighted by atomic mass is 10.0. The molecule has 0 saturated carbocycles. The van der Waals surface area contributed by atoms with Gasteiger partial charge in [0, 0.05) is 37.8 Å². The van der Waals surface area contributed by atoms with E-state index in [0.29, 0.717) is 5.54 Å².